The Bertz CT molecular complexity index is 782. The summed E-state index contributed by atoms with van der Waals surface area (Å²) in [6.07, 6.45) is 0.604. The Kier molecular flexibility index (Phi) is 6.85. The van der Waals surface area contributed by atoms with E-state index in [0.29, 0.717) is 31.1 Å². The summed E-state index contributed by atoms with van der Waals surface area (Å²) in [5, 5.41) is 6.83. The van der Waals surface area contributed by atoms with Crippen LogP contribution in [0.3, 0.4) is 0 Å². The predicted molar refractivity (Wildman–Crippen MR) is 107 cm³/mol. The van der Waals surface area contributed by atoms with Crippen molar-refractivity contribution < 1.29 is 9.59 Å². The second-order valence-corrected chi connectivity index (χ2v) is 7.00. The number of hydrogen-bond acceptors (Lipinski definition) is 3. The van der Waals surface area contributed by atoms with Crippen molar-refractivity contribution in [1.29, 1.82) is 0 Å². The highest BCUT2D eigenvalue weighted by Gasteiger charge is 2.28. The van der Waals surface area contributed by atoms with Crippen molar-refractivity contribution in [1.82, 2.24) is 15.5 Å². The number of carbonyl (C=O) groups excluding carboxylic acids is 2. The molecule has 5 nitrogen and oxygen atoms in total. The summed E-state index contributed by atoms with van der Waals surface area (Å²) in [5.74, 6) is -0.0432. The SMILES string of the molecule is O=C(Cc1ccccc1)NCCC(=O)N1CCNCC1c1ccccc1Cl. The van der Waals surface area contributed by atoms with E-state index < -0.39 is 0 Å². The summed E-state index contributed by atoms with van der Waals surface area (Å²) in [6, 6.07) is 17.1. The van der Waals surface area contributed by atoms with Crippen molar-refractivity contribution in [3.05, 3.63) is 70.7 Å². The van der Waals surface area contributed by atoms with Crippen LogP contribution in [-0.4, -0.2) is 42.9 Å². The van der Waals surface area contributed by atoms with Gasteiger partial charge in [-0.2, -0.15) is 0 Å². The largest absolute Gasteiger partial charge is 0.355 e. The number of piperazine rings is 1. The normalized spacial score (nSPS) is 16.8. The molecule has 1 unspecified atom stereocenters. The van der Waals surface area contributed by atoms with Gasteiger partial charge in [-0.25, -0.2) is 0 Å². The van der Waals surface area contributed by atoms with E-state index >= 15 is 0 Å². The van der Waals surface area contributed by atoms with Gasteiger partial charge in [-0.3, -0.25) is 9.59 Å². The Morgan fingerprint density at radius 2 is 1.85 bits per heavy atom. The van der Waals surface area contributed by atoms with Gasteiger partial charge in [-0.05, 0) is 17.2 Å². The molecule has 3 rings (SSSR count). The third-order valence-corrected chi connectivity index (χ3v) is 5.04. The molecule has 27 heavy (non-hydrogen) atoms. The Hall–Kier alpha value is -2.37. The quantitative estimate of drug-likeness (QED) is 0.803. The molecule has 1 aliphatic rings. The van der Waals surface area contributed by atoms with E-state index in [0.717, 1.165) is 17.7 Å². The fourth-order valence-corrected chi connectivity index (χ4v) is 3.58. The molecule has 1 fully saturated rings. The molecule has 2 aromatic rings. The molecule has 1 heterocycles. The molecule has 6 heteroatoms. The molecule has 142 valence electrons. The van der Waals surface area contributed by atoms with Gasteiger partial charge in [0.25, 0.3) is 0 Å². The third kappa shape index (κ3) is 5.31. The van der Waals surface area contributed by atoms with E-state index in [9.17, 15) is 9.59 Å². The lowest BCUT2D eigenvalue weighted by atomic mass is 10.0. The minimum absolute atomic E-state index is 0.0291. The van der Waals surface area contributed by atoms with Gasteiger partial charge in [0, 0.05) is 37.6 Å². The molecule has 0 saturated carbocycles. The fraction of sp³-hybridized carbons (Fsp3) is 0.333. The molecule has 1 aliphatic heterocycles. The fourth-order valence-electron chi connectivity index (χ4n) is 3.32. The maximum absolute atomic E-state index is 12.7. The smallest absolute Gasteiger partial charge is 0.224 e. The van der Waals surface area contributed by atoms with Gasteiger partial charge in [0.2, 0.25) is 11.8 Å². The van der Waals surface area contributed by atoms with E-state index in [-0.39, 0.29) is 24.3 Å². The number of halogens is 1. The van der Waals surface area contributed by atoms with Crippen LogP contribution in [0.4, 0.5) is 0 Å². The highest BCUT2D eigenvalue weighted by molar-refractivity contribution is 6.31. The second-order valence-electron chi connectivity index (χ2n) is 6.59. The number of carbonyl (C=O) groups is 2. The topological polar surface area (TPSA) is 61.4 Å². The molecule has 2 amide bonds. The van der Waals surface area contributed by atoms with Crippen molar-refractivity contribution in [3.63, 3.8) is 0 Å². The van der Waals surface area contributed by atoms with Crippen LogP contribution in [0.2, 0.25) is 5.02 Å². The number of benzene rings is 2. The lowest BCUT2D eigenvalue weighted by Crippen LogP contribution is -2.49. The number of rotatable bonds is 6. The zero-order valence-electron chi connectivity index (χ0n) is 15.2. The van der Waals surface area contributed by atoms with E-state index in [1.807, 2.05) is 59.5 Å². The summed E-state index contributed by atoms with van der Waals surface area (Å²) in [5.41, 5.74) is 1.91. The van der Waals surface area contributed by atoms with Crippen molar-refractivity contribution in [2.45, 2.75) is 18.9 Å². The minimum atomic E-state index is -0.0834. The van der Waals surface area contributed by atoms with E-state index in [1.165, 1.54) is 0 Å². The second kappa shape index (κ2) is 9.53. The van der Waals surface area contributed by atoms with Crippen LogP contribution in [0.25, 0.3) is 0 Å². The summed E-state index contributed by atoms with van der Waals surface area (Å²) in [7, 11) is 0. The summed E-state index contributed by atoms with van der Waals surface area (Å²) in [4.78, 5) is 26.6. The highest BCUT2D eigenvalue weighted by Crippen LogP contribution is 2.28. The van der Waals surface area contributed by atoms with Crippen LogP contribution in [-0.2, 0) is 16.0 Å². The molecule has 0 radical (unpaired) electrons. The molecular weight excluding hydrogens is 362 g/mol. The van der Waals surface area contributed by atoms with Gasteiger partial charge in [0.15, 0.2) is 0 Å². The molecule has 0 aromatic heterocycles. The predicted octanol–water partition coefficient (Wildman–Crippen LogP) is 2.56. The Morgan fingerprint density at radius 1 is 1.11 bits per heavy atom. The van der Waals surface area contributed by atoms with Crippen LogP contribution in [0.1, 0.15) is 23.6 Å². The van der Waals surface area contributed by atoms with Crippen molar-refractivity contribution in [2.24, 2.45) is 0 Å². The lowest BCUT2D eigenvalue weighted by Gasteiger charge is -2.37. The van der Waals surface area contributed by atoms with Gasteiger partial charge in [-0.1, -0.05) is 60.1 Å². The van der Waals surface area contributed by atoms with Crippen molar-refractivity contribution >= 4 is 23.4 Å². The van der Waals surface area contributed by atoms with Gasteiger partial charge in [0.1, 0.15) is 0 Å². The first-order valence-electron chi connectivity index (χ1n) is 9.20. The highest BCUT2D eigenvalue weighted by atomic mass is 35.5. The first-order chi connectivity index (χ1) is 13.1. The number of nitrogens with one attached hydrogen (secondary N) is 2. The van der Waals surface area contributed by atoms with E-state index in [4.69, 9.17) is 11.6 Å². The lowest BCUT2D eigenvalue weighted by molar-refractivity contribution is -0.134. The molecular formula is C21H24ClN3O2. The van der Waals surface area contributed by atoms with Crippen LogP contribution in [0.15, 0.2) is 54.6 Å². The zero-order valence-corrected chi connectivity index (χ0v) is 15.9. The average molecular weight is 386 g/mol. The van der Waals surface area contributed by atoms with Crippen molar-refractivity contribution in [2.75, 3.05) is 26.2 Å². The third-order valence-electron chi connectivity index (χ3n) is 4.70. The van der Waals surface area contributed by atoms with Gasteiger partial charge in [-0.15, -0.1) is 0 Å². The Balaban J connectivity index is 1.53. The summed E-state index contributed by atoms with van der Waals surface area (Å²) < 4.78 is 0. The molecule has 0 aliphatic carbocycles. The molecule has 2 aromatic carbocycles. The van der Waals surface area contributed by atoms with Crippen molar-refractivity contribution in [3.8, 4) is 0 Å². The molecule has 1 saturated heterocycles. The van der Waals surface area contributed by atoms with Gasteiger partial charge in [0.05, 0.1) is 12.5 Å². The standard InChI is InChI=1S/C21H24ClN3O2/c22-18-9-5-4-8-17(18)19-15-23-12-13-25(19)21(27)10-11-24-20(26)14-16-6-2-1-3-7-16/h1-9,19,23H,10-15H2,(H,24,26). The first kappa shape index (κ1) is 19.4. The minimum Gasteiger partial charge on any atom is -0.355 e. The molecule has 0 bridgehead atoms. The maximum atomic E-state index is 12.7. The number of hydrogen-bond donors (Lipinski definition) is 2. The average Bonchev–Trinajstić information content (AvgIpc) is 2.69. The molecule has 0 spiro atoms. The molecule has 2 N–H and O–H groups in total. The first-order valence-corrected chi connectivity index (χ1v) is 9.58. The van der Waals surface area contributed by atoms with E-state index in [2.05, 4.69) is 10.6 Å². The van der Waals surface area contributed by atoms with Crippen LogP contribution >= 0.6 is 11.6 Å². The number of amides is 2. The Morgan fingerprint density at radius 3 is 2.63 bits per heavy atom. The summed E-state index contributed by atoms with van der Waals surface area (Å²) in [6.45, 7) is 2.40. The van der Waals surface area contributed by atoms with Crippen LogP contribution < -0.4 is 10.6 Å². The van der Waals surface area contributed by atoms with Gasteiger partial charge >= 0.3 is 0 Å². The molecule has 1 atom stereocenters. The van der Waals surface area contributed by atoms with Crippen LogP contribution in [0.5, 0.6) is 0 Å². The summed E-state index contributed by atoms with van der Waals surface area (Å²) >= 11 is 6.33. The van der Waals surface area contributed by atoms with Crippen LogP contribution in [0, 0.1) is 0 Å². The Labute approximate surface area is 164 Å². The number of nitrogens with zero attached hydrogens (tertiary/aromatic N) is 1. The van der Waals surface area contributed by atoms with Gasteiger partial charge < -0.3 is 15.5 Å². The van der Waals surface area contributed by atoms with E-state index in [1.54, 1.807) is 0 Å². The monoisotopic (exact) mass is 385 g/mol. The zero-order chi connectivity index (χ0) is 19.1. The maximum Gasteiger partial charge on any atom is 0.224 e.